The second kappa shape index (κ2) is 6.99. The van der Waals surface area contributed by atoms with Crippen LogP contribution in [0.2, 0.25) is 0 Å². The number of ether oxygens (including phenoxy) is 1. The van der Waals surface area contributed by atoms with Crippen molar-refractivity contribution in [3.05, 3.63) is 48.3 Å². The summed E-state index contributed by atoms with van der Waals surface area (Å²) in [4.78, 5) is 27.7. The van der Waals surface area contributed by atoms with Crippen LogP contribution in [0.1, 0.15) is 12.6 Å². The summed E-state index contributed by atoms with van der Waals surface area (Å²) in [5.74, 6) is 0.377. The Morgan fingerprint density at radius 1 is 1.33 bits per heavy atom. The predicted molar refractivity (Wildman–Crippen MR) is 90.1 cm³/mol. The van der Waals surface area contributed by atoms with E-state index in [1.54, 1.807) is 31.3 Å². The molecule has 3 N–H and O–H groups in total. The maximum absolute atomic E-state index is 11.9. The molecule has 0 aliphatic carbocycles. The van der Waals surface area contributed by atoms with Gasteiger partial charge in [0.1, 0.15) is 5.75 Å². The number of carbonyl (C=O) groups is 2. The fourth-order valence-corrected chi connectivity index (χ4v) is 2.31. The average Bonchev–Trinajstić information content (AvgIpc) is 2.57. The van der Waals surface area contributed by atoms with Crippen LogP contribution in [0.4, 0.5) is 16.2 Å². The molecule has 7 nitrogen and oxygen atoms in total. The fourth-order valence-electron chi connectivity index (χ4n) is 2.31. The van der Waals surface area contributed by atoms with Crippen molar-refractivity contribution < 1.29 is 14.3 Å². The van der Waals surface area contributed by atoms with Gasteiger partial charge in [-0.15, -0.1) is 0 Å². The number of benzene rings is 1. The molecule has 0 bridgehead atoms. The van der Waals surface area contributed by atoms with Crippen LogP contribution in [-0.4, -0.2) is 29.6 Å². The summed E-state index contributed by atoms with van der Waals surface area (Å²) in [6.07, 6.45) is 1.85. The lowest BCUT2D eigenvalue weighted by atomic mass is 10.2. The highest BCUT2D eigenvalue weighted by atomic mass is 16.5. The van der Waals surface area contributed by atoms with E-state index >= 15 is 0 Å². The van der Waals surface area contributed by atoms with Gasteiger partial charge in [-0.3, -0.25) is 9.78 Å². The van der Waals surface area contributed by atoms with Crippen molar-refractivity contribution >= 4 is 23.3 Å². The van der Waals surface area contributed by atoms with Gasteiger partial charge in [-0.1, -0.05) is 6.07 Å². The van der Waals surface area contributed by atoms with Crippen molar-refractivity contribution in [3.63, 3.8) is 0 Å². The first-order valence-electron chi connectivity index (χ1n) is 7.68. The Labute approximate surface area is 139 Å². The van der Waals surface area contributed by atoms with E-state index in [1.807, 2.05) is 18.2 Å². The smallest absolute Gasteiger partial charge is 0.319 e. The quantitative estimate of drug-likeness (QED) is 0.803. The van der Waals surface area contributed by atoms with Gasteiger partial charge in [-0.05, 0) is 37.3 Å². The molecule has 1 aliphatic heterocycles. The number of amides is 3. The summed E-state index contributed by atoms with van der Waals surface area (Å²) >= 11 is 0. The molecule has 3 rings (SSSR count). The predicted octanol–water partition coefficient (Wildman–Crippen LogP) is 2.17. The largest absolute Gasteiger partial charge is 0.479 e. The fraction of sp³-hybridized carbons (Fsp3) is 0.235. The van der Waals surface area contributed by atoms with E-state index in [9.17, 15) is 9.59 Å². The van der Waals surface area contributed by atoms with Gasteiger partial charge in [0, 0.05) is 30.5 Å². The number of nitrogens with one attached hydrogen (secondary N) is 3. The van der Waals surface area contributed by atoms with E-state index < -0.39 is 6.10 Å². The van der Waals surface area contributed by atoms with Crippen LogP contribution < -0.4 is 20.7 Å². The first kappa shape index (κ1) is 15.8. The van der Waals surface area contributed by atoms with E-state index in [4.69, 9.17) is 4.74 Å². The van der Waals surface area contributed by atoms with Crippen LogP contribution >= 0.6 is 0 Å². The highest BCUT2D eigenvalue weighted by Gasteiger charge is 2.23. The molecule has 1 aliphatic rings. The van der Waals surface area contributed by atoms with Crippen LogP contribution in [0, 0.1) is 0 Å². The molecular formula is C17H18N4O3. The lowest BCUT2D eigenvalue weighted by Gasteiger charge is -2.23. The molecular weight excluding hydrogens is 308 g/mol. The number of rotatable bonds is 4. The minimum atomic E-state index is -0.522. The van der Waals surface area contributed by atoms with Crippen molar-refractivity contribution in [1.82, 2.24) is 10.3 Å². The zero-order valence-electron chi connectivity index (χ0n) is 13.2. The number of hydrogen-bond donors (Lipinski definition) is 3. The number of nitrogens with zero attached hydrogens (tertiary/aromatic N) is 1. The maximum Gasteiger partial charge on any atom is 0.319 e. The van der Waals surface area contributed by atoms with E-state index in [1.165, 1.54) is 0 Å². The number of aromatic nitrogens is 1. The van der Waals surface area contributed by atoms with Crippen LogP contribution in [0.25, 0.3) is 0 Å². The summed E-state index contributed by atoms with van der Waals surface area (Å²) in [6, 6.07) is 10.5. The van der Waals surface area contributed by atoms with Gasteiger partial charge < -0.3 is 20.7 Å². The highest BCUT2D eigenvalue weighted by molar-refractivity contribution is 5.99. The molecule has 1 aromatic heterocycles. The summed E-state index contributed by atoms with van der Waals surface area (Å²) in [5, 5.41) is 8.24. The SMILES string of the molecule is CC1Oc2ccc(NC(=O)NCCc3ccccn3)cc2NC1=O. The Morgan fingerprint density at radius 2 is 2.21 bits per heavy atom. The molecule has 124 valence electrons. The molecule has 0 fully saturated rings. The molecule has 0 saturated carbocycles. The third kappa shape index (κ3) is 3.81. The molecule has 1 atom stereocenters. The maximum atomic E-state index is 11.9. The molecule has 24 heavy (non-hydrogen) atoms. The standard InChI is InChI=1S/C17H18N4O3/c1-11-16(22)21-14-10-13(5-6-15(14)24-11)20-17(23)19-9-7-12-4-2-3-8-18-12/h2-6,8,10-11H,7,9H2,1H3,(H,21,22)(H2,19,20,23). The minimum Gasteiger partial charge on any atom is -0.479 e. The Balaban J connectivity index is 1.53. The lowest BCUT2D eigenvalue weighted by Crippen LogP contribution is -2.34. The van der Waals surface area contributed by atoms with Gasteiger partial charge in [0.2, 0.25) is 0 Å². The molecule has 1 aromatic carbocycles. The van der Waals surface area contributed by atoms with Crippen LogP contribution in [0.3, 0.4) is 0 Å². The molecule has 0 radical (unpaired) electrons. The van der Waals surface area contributed by atoms with Gasteiger partial charge in [0.25, 0.3) is 5.91 Å². The Bertz CT molecular complexity index is 749. The van der Waals surface area contributed by atoms with Crippen LogP contribution in [0.5, 0.6) is 5.75 Å². The number of anilines is 2. The first-order valence-corrected chi connectivity index (χ1v) is 7.68. The summed E-state index contributed by atoms with van der Waals surface area (Å²) in [5.41, 5.74) is 2.03. The minimum absolute atomic E-state index is 0.209. The van der Waals surface area contributed by atoms with Gasteiger partial charge in [-0.2, -0.15) is 0 Å². The van der Waals surface area contributed by atoms with Crippen molar-refractivity contribution in [3.8, 4) is 5.75 Å². The number of hydrogen-bond acceptors (Lipinski definition) is 4. The first-order chi connectivity index (χ1) is 11.6. The monoisotopic (exact) mass is 326 g/mol. The second-order valence-electron chi connectivity index (χ2n) is 5.41. The van der Waals surface area contributed by atoms with E-state index in [0.717, 1.165) is 5.69 Å². The number of pyridine rings is 1. The molecule has 1 unspecified atom stereocenters. The van der Waals surface area contributed by atoms with Gasteiger partial charge in [-0.25, -0.2) is 4.79 Å². The topological polar surface area (TPSA) is 92.3 Å². The molecule has 3 amide bonds. The number of urea groups is 1. The molecule has 7 heteroatoms. The Hall–Kier alpha value is -3.09. The third-order valence-corrected chi connectivity index (χ3v) is 3.56. The van der Waals surface area contributed by atoms with Gasteiger partial charge in [0.15, 0.2) is 6.10 Å². The average molecular weight is 326 g/mol. The molecule has 2 heterocycles. The van der Waals surface area contributed by atoms with Crippen LogP contribution in [-0.2, 0) is 11.2 Å². The zero-order chi connectivity index (χ0) is 16.9. The van der Waals surface area contributed by atoms with E-state index in [0.29, 0.717) is 30.1 Å². The molecule has 0 spiro atoms. The van der Waals surface area contributed by atoms with Crippen molar-refractivity contribution in [2.75, 3.05) is 17.2 Å². The normalized spacial score (nSPS) is 15.7. The van der Waals surface area contributed by atoms with Crippen molar-refractivity contribution in [1.29, 1.82) is 0 Å². The zero-order valence-corrected chi connectivity index (χ0v) is 13.2. The number of fused-ring (bicyclic) bond motifs is 1. The molecule has 2 aromatic rings. The van der Waals surface area contributed by atoms with E-state index in [2.05, 4.69) is 20.9 Å². The second-order valence-corrected chi connectivity index (χ2v) is 5.41. The molecule has 0 saturated heterocycles. The Morgan fingerprint density at radius 3 is 3.00 bits per heavy atom. The Kier molecular flexibility index (Phi) is 4.60. The van der Waals surface area contributed by atoms with Gasteiger partial charge >= 0.3 is 6.03 Å². The summed E-state index contributed by atoms with van der Waals surface area (Å²) in [6.45, 7) is 2.16. The third-order valence-electron chi connectivity index (χ3n) is 3.56. The van der Waals surface area contributed by atoms with Crippen molar-refractivity contribution in [2.24, 2.45) is 0 Å². The summed E-state index contributed by atoms with van der Waals surface area (Å²) < 4.78 is 5.47. The van der Waals surface area contributed by atoms with E-state index in [-0.39, 0.29) is 11.9 Å². The van der Waals surface area contributed by atoms with Crippen LogP contribution in [0.15, 0.2) is 42.6 Å². The summed E-state index contributed by atoms with van der Waals surface area (Å²) in [7, 11) is 0. The van der Waals surface area contributed by atoms with Gasteiger partial charge in [0.05, 0.1) is 5.69 Å². The van der Waals surface area contributed by atoms with Crippen molar-refractivity contribution in [2.45, 2.75) is 19.4 Å². The number of carbonyl (C=O) groups excluding carboxylic acids is 2. The highest BCUT2D eigenvalue weighted by Crippen LogP contribution is 2.32. The lowest BCUT2D eigenvalue weighted by molar-refractivity contribution is -0.122.